The largest absolute Gasteiger partial charge is 0.394 e. The number of aromatic nitrogens is 4. The Hall–Kier alpha value is -2.01. The van der Waals surface area contributed by atoms with Crippen LogP contribution in [0.25, 0.3) is 11.2 Å². The minimum atomic E-state index is -1.36. The van der Waals surface area contributed by atoms with E-state index in [1.165, 1.54) is 10.8 Å². The van der Waals surface area contributed by atoms with Crippen molar-refractivity contribution in [2.45, 2.75) is 43.9 Å². The number of aliphatic hydroxyl groups excluding tert-OH is 3. The van der Waals surface area contributed by atoms with Crippen molar-refractivity contribution in [3.63, 3.8) is 0 Å². The van der Waals surface area contributed by atoms with Gasteiger partial charge in [-0.25, -0.2) is 14.3 Å². The minimum absolute atomic E-state index is 0.00781. The lowest BCUT2D eigenvalue weighted by Gasteiger charge is -2.15. The highest BCUT2D eigenvalue weighted by molar-refractivity contribution is 5.72. The third kappa shape index (κ3) is 2.30. The van der Waals surface area contributed by atoms with Crippen LogP contribution in [0.1, 0.15) is 19.1 Å². The van der Waals surface area contributed by atoms with Crippen molar-refractivity contribution >= 4 is 17.1 Å². The van der Waals surface area contributed by atoms with Gasteiger partial charge in [0.2, 0.25) is 5.95 Å². The van der Waals surface area contributed by atoms with Crippen molar-refractivity contribution in [3.8, 4) is 0 Å². The molecule has 1 saturated carbocycles. The molecule has 1 saturated heterocycles. The van der Waals surface area contributed by atoms with Crippen molar-refractivity contribution in [2.75, 3.05) is 12.3 Å². The zero-order valence-electron chi connectivity index (χ0n) is 12.8. The number of nitrogens with zero attached hydrogens (tertiary/aromatic N) is 4. The van der Waals surface area contributed by atoms with Crippen LogP contribution in [0.4, 0.5) is 5.95 Å². The van der Waals surface area contributed by atoms with Gasteiger partial charge in [0, 0.05) is 6.54 Å². The van der Waals surface area contributed by atoms with Crippen LogP contribution < -0.4 is 11.4 Å². The van der Waals surface area contributed by atoms with Crippen molar-refractivity contribution < 1.29 is 20.1 Å². The highest BCUT2D eigenvalue weighted by Crippen LogP contribution is 2.33. The fourth-order valence-electron chi connectivity index (χ4n) is 3.13. The number of ether oxygens (including phenoxy) is 1. The van der Waals surface area contributed by atoms with E-state index in [9.17, 15) is 20.1 Å². The van der Waals surface area contributed by atoms with Crippen LogP contribution in [-0.4, -0.2) is 59.3 Å². The van der Waals surface area contributed by atoms with Gasteiger partial charge in [0.05, 0.1) is 12.8 Å². The fourth-order valence-corrected chi connectivity index (χ4v) is 3.13. The number of rotatable bonds is 4. The lowest BCUT2D eigenvalue weighted by atomic mass is 10.1. The molecule has 24 heavy (non-hydrogen) atoms. The molecule has 0 amide bonds. The van der Waals surface area contributed by atoms with Gasteiger partial charge in [0.15, 0.2) is 11.9 Å². The van der Waals surface area contributed by atoms with E-state index >= 15 is 0 Å². The van der Waals surface area contributed by atoms with Crippen molar-refractivity contribution in [1.82, 2.24) is 19.1 Å². The molecule has 1 unspecified atom stereocenters. The summed E-state index contributed by atoms with van der Waals surface area (Å²) in [6.07, 6.45) is -1.20. The zero-order chi connectivity index (χ0) is 17.0. The Balaban J connectivity index is 1.86. The van der Waals surface area contributed by atoms with Gasteiger partial charge in [-0.05, 0) is 18.8 Å². The van der Waals surface area contributed by atoms with E-state index in [2.05, 4.69) is 9.97 Å². The lowest BCUT2D eigenvalue weighted by Crippen LogP contribution is -2.36. The van der Waals surface area contributed by atoms with Gasteiger partial charge in [-0.1, -0.05) is 0 Å². The average Bonchev–Trinajstić information content (AvgIpc) is 3.29. The predicted octanol–water partition coefficient (Wildman–Crippen LogP) is -1.80. The van der Waals surface area contributed by atoms with Gasteiger partial charge in [-0.15, -0.1) is 0 Å². The van der Waals surface area contributed by atoms with Crippen LogP contribution in [0.3, 0.4) is 0 Å². The second-order valence-electron chi connectivity index (χ2n) is 6.37. The molecule has 0 aromatic carbocycles. The number of nitrogens with two attached hydrogens (primary N) is 1. The van der Waals surface area contributed by atoms with E-state index < -0.39 is 36.8 Å². The number of hydrogen-bond acceptors (Lipinski definition) is 8. The number of anilines is 1. The Morgan fingerprint density at radius 3 is 2.71 bits per heavy atom. The molecule has 4 rings (SSSR count). The summed E-state index contributed by atoms with van der Waals surface area (Å²) in [7, 11) is 0. The maximum atomic E-state index is 12.9. The smallest absolute Gasteiger partial charge is 0.332 e. The number of aliphatic hydroxyl groups is 3. The summed E-state index contributed by atoms with van der Waals surface area (Å²) < 4.78 is 8.21. The summed E-state index contributed by atoms with van der Waals surface area (Å²) in [6.45, 7) is 0.0612. The Morgan fingerprint density at radius 1 is 1.33 bits per heavy atom. The molecule has 1 aliphatic heterocycles. The van der Waals surface area contributed by atoms with E-state index in [1.807, 2.05) is 0 Å². The third-order valence-corrected chi connectivity index (χ3v) is 4.63. The van der Waals surface area contributed by atoms with Crippen molar-refractivity contribution in [3.05, 3.63) is 16.7 Å². The first-order valence-corrected chi connectivity index (χ1v) is 7.87. The molecule has 2 fully saturated rings. The first-order chi connectivity index (χ1) is 11.5. The van der Waals surface area contributed by atoms with Crippen LogP contribution >= 0.6 is 0 Å². The van der Waals surface area contributed by atoms with Crippen molar-refractivity contribution in [1.29, 1.82) is 0 Å². The SMILES string of the molecule is Nc1ncc2c(n1)n([C@@H]1O[C@H](CO)C(O)[C@@H]1O)c(=O)n2CC1CC1. The average molecular weight is 337 g/mol. The molecule has 2 aliphatic rings. The molecule has 2 aromatic rings. The molecule has 1 aliphatic carbocycles. The van der Waals surface area contributed by atoms with Crippen LogP contribution in [0.15, 0.2) is 11.0 Å². The van der Waals surface area contributed by atoms with Gasteiger partial charge in [0.25, 0.3) is 0 Å². The molecule has 5 N–H and O–H groups in total. The van der Waals surface area contributed by atoms with Gasteiger partial charge in [-0.2, -0.15) is 4.98 Å². The second-order valence-corrected chi connectivity index (χ2v) is 6.37. The summed E-state index contributed by atoms with van der Waals surface area (Å²) in [6, 6.07) is 0. The summed E-state index contributed by atoms with van der Waals surface area (Å²) >= 11 is 0. The Labute approximate surface area is 136 Å². The van der Waals surface area contributed by atoms with Gasteiger partial charge < -0.3 is 25.8 Å². The quantitative estimate of drug-likeness (QED) is 0.510. The molecule has 3 heterocycles. The molecule has 10 heteroatoms. The highest BCUT2D eigenvalue weighted by atomic mass is 16.6. The molecule has 130 valence electrons. The molecule has 10 nitrogen and oxygen atoms in total. The second kappa shape index (κ2) is 5.52. The molecular formula is C14H19N5O5. The number of imidazole rings is 1. The zero-order valence-corrected chi connectivity index (χ0v) is 12.8. The fraction of sp³-hybridized carbons (Fsp3) is 0.643. The molecule has 4 atom stereocenters. The van der Waals surface area contributed by atoms with E-state index in [-0.39, 0.29) is 11.6 Å². The standard InChI is InChI=1S/C14H19N5O5/c15-13-16-3-7-11(17-13)19(14(23)18(7)4-6-1-2-6)12-10(22)9(21)8(5-20)24-12/h3,6,8-10,12,20-22H,1-2,4-5H2,(H2,15,16,17)/t8-,9?,10+,12-/m1/s1. The van der Waals surface area contributed by atoms with E-state index in [1.54, 1.807) is 4.57 Å². The summed E-state index contributed by atoms with van der Waals surface area (Å²) in [5.74, 6) is 0.427. The first kappa shape index (κ1) is 15.5. The van der Waals surface area contributed by atoms with Gasteiger partial charge >= 0.3 is 5.69 Å². The monoisotopic (exact) mass is 337 g/mol. The van der Waals surface area contributed by atoms with E-state index in [4.69, 9.17) is 10.5 Å². The molecule has 0 bridgehead atoms. The predicted molar refractivity (Wildman–Crippen MR) is 81.9 cm³/mol. The van der Waals surface area contributed by atoms with Gasteiger partial charge in [-0.3, -0.25) is 4.57 Å². The van der Waals surface area contributed by atoms with Crippen LogP contribution in [-0.2, 0) is 11.3 Å². The van der Waals surface area contributed by atoms with Crippen LogP contribution in [0.2, 0.25) is 0 Å². The molecular weight excluding hydrogens is 318 g/mol. The van der Waals surface area contributed by atoms with Crippen molar-refractivity contribution in [2.24, 2.45) is 5.92 Å². The Morgan fingerprint density at radius 2 is 2.08 bits per heavy atom. The highest BCUT2D eigenvalue weighted by Gasteiger charge is 2.45. The van der Waals surface area contributed by atoms with Gasteiger partial charge in [0.1, 0.15) is 23.8 Å². The Bertz CT molecular complexity index is 829. The number of hydrogen-bond donors (Lipinski definition) is 4. The lowest BCUT2D eigenvalue weighted by molar-refractivity contribution is -0.0528. The minimum Gasteiger partial charge on any atom is -0.394 e. The maximum absolute atomic E-state index is 12.9. The summed E-state index contributed by atoms with van der Waals surface area (Å²) in [5.41, 5.74) is 5.97. The van der Waals surface area contributed by atoms with Crippen LogP contribution in [0.5, 0.6) is 0 Å². The summed E-state index contributed by atoms with van der Waals surface area (Å²) in [4.78, 5) is 20.9. The first-order valence-electron chi connectivity index (χ1n) is 7.87. The molecule has 0 radical (unpaired) electrons. The molecule has 0 spiro atoms. The Kier molecular flexibility index (Phi) is 3.57. The summed E-state index contributed by atoms with van der Waals surface area (Å²) in [5, 5.41) is 29.4. The van der Waals surface area contributed by atoms with E-state index in [0.29, 0.717) is 18.0 Å². The van der Waals surface area contributed by atoms with E-state index in [0.717, 1.165) is 12.8 Å². The topological polar surface area (TPSA) is 149 Å². The maximum Gasteiger partial charge on any atom is 0.332 e. The number of fused-ring (bicyclic) bond motifs is 1. The van der Waals surface area contributed by atoms with Crippen LogP contribution in [0, 0.1) is 5.92 Å². The number of nitrogen functional groups attached to an aromatic ring is 1. The molecule has 2 aromatic heterocycles. The normalized spacial score (nSPS) is 30.3. The third-order valence-electron chi connectivity index (χ3n) is 4.63.